The van der Waals surface area contributed by atoms with Gasteiger partial charge in [-0.2, -0.15) is 0 Å². The molecule has 12 heteroatoms. The number of nitrogens with two attached hydrogens (primary N) is 1. The summed E-state index contributed by atoms with van der Waals surface area (Å²) >= 11 is 0. The van der Waals surface area contributed by atoms with Crippen molar-refractivity contribution in [1.82, 2.24) is 14.5 Å². The van der Waals surface area contributed by atoms with Gasteiger partial charge in [-0.05, 0) is 73.2 Å². The Balaban J connectivity index is 0.918. The molecule has 5 aromatic rings. The van der Waals surface area contributed by atoms with E-state index in [4.69, 9.17) is 15.2 Å². The van der Waals surface area contributed by atoms with Gasteiger partial charge < -0.3 is 40.8 Å². The minimum Gasteiger partial charge on any atom is -0.397 e. The highest BCUT2D eigenvalue weighted by Gasteiger charge is 2.34. The molecule has 2 aliphatic rings. The zero-order valence-electron chi connectivity index (χ0n) is 31.0. The minimum atomic E-state index is -0.608. The molecule has 3 atom stereocenters. The lowest BCUT2D eigenvalue weighted by Gasteiger charge is -2.40. The van der Waals surface area contributed by atoms with E-state index in [0.717, 1.165) is 66.6 Å². The Kier molecular flexibility index (Phi) is 12.4. The zero-order valence-corrected chi connectivity index (χ0v) is 31.0. The lowest BCUT2D eigenvalue weighted by molar-refractivity contribution is -0.253. The van der Waals surface area contributed by atoms with Crippen molar-refractivity contribution in [3.63, 3.8) is 0 Å². The summed E-state index contributed by atoms with van der Waals surface area (Å²) < 4.78 is 15.1. The first-order valence-corrected chi connectivity index (χ1v) is 19.3. The Morgan fingerprint density at radius 1 is 0.800 bits per heavy atom. The molecule has 6 N–H and O–H groups in total. The third-order valence-electron chi connectivity index (χ3n) is 10.6. The molecule has 3 heterocycles. The van der Waals surface area contributed by atoms with Crippen LogP contribution in [0.2, 0.25) is 0 Å². The van der Waals surface area contributed by atoms with Crippen molar-refractivity contribution in [3.05, 3.63) is 124 Å². The van der Waals surface area contributed by atoms with E-state index in [0.29, 0.717) is 49.2 Å². The maximum Gasteiger partial charge on any atom is 0.326 e. The molecule has 2 amide bonds. The smallest absolute Gasteiger partial charge is 0.326 e. The lowest BCUT2D eigenvalue weighted by Crippen LogP contribution is -2.43. The molecule has 2 aliphatic heterocycles. The number of aromatic nitrogens is 2. The van der Waals surface area contributed by atoms with Crippen molar-refractivity contribution < 1.29 is 24.2 Å². The van der Waals surface area contributed by atoms with Gasteiger partial charge in [0.15, 0.2) is 6.29 Å². The van der Waals surface area contributed by atoms with Crippen molar-refractivity contribution in [3.8, 4) is 0 Å². The summed E-state index contributed by atoms with van der Waals surface area (Å²) in [6, 6.07) is 30.6. The summed E-state index contributed by atoms with van der Waals surface area (Å²) in [5.74, 6) is -0.170. The number of benzene rings is 4. The standard InChI is InChI=1S/C43H50N6O6/c44-35-8-4-5-9-36(35)46-41(52)13-3-1-2-12-40(51)45-32-20-18-31(19-21-32)42-54-34(26-39(55-42)30-16-14-29(28-50)15-17-30)27-48-24-22-33(23-25-48)49-38-11-7-6-10-37(38)47-43(49)53/h4-11,14-21,33-34,39,42,50H,1-3,12-13,22-28,44H2,(H,45,51)(H,46,52)(H,47,53)/t34-,39+,42+/m1/s1. The number of hydrogen-bond acceptors (Lipinski definition) is 8. The highest BCUT2D eigenvalue weighted by atomic mass is 16.7. The fourth-order valence-corrected chi connectivity index (χ4v) is 7.64. The van der Waals surface area contributed by atoms with E-state index < -0.39 is 6.29 Å². The highest BCUT2D eigenvalue weighted by molar-refractivity contribution is 5.93. The number of likely N-dealkylation sites (tertiary alicyclic amines) is 1. The van der Waals surface area contributed by atoms with Gasteiger partial charge in [0, 0.05) is 56.2 Å². The number of aromatic amines is 1. The number of carbonyl (C=O) groups excluding carboxylic acids is 2. The second-order valence-electron chi connectivity index (χ2n) is 14.6. The van der Waals surface area contributed by atoms with Crippen LogP contribution in [0.15, 0.2) is 102 Å². The molecule has 288 valence electrons. The number of carbonyl (C=O) groups is 2. The van der Waals surface area contributed by atoms with Crippen LogP contribution in [-0.2, 0) is 25.7 Å². The van der Waals surface area contributed by atoms with Crippen molar-refractivity contribution in [1.29, 1.82) is 0 Å². The fourth-order valence-electron chi connectivity index (χ4n) is 7.64. The summed E-state index contributed by atoms with van der Waals surface area (Å²) in [6.07, 6.45) is 4.34. The number of fused-ring (bicyclic) bond motifs is 1. The third kappa shape index (κ3) is 9.70. The number of rotatable bonds is 14. The van der Waals surface area contributed by atoms with Crippen LogP contribution in [-0.4, -0.2) is 57.1 Å². The maximum atomic E-state index is 12.8. The van der Waals surface area contributed by atoms with Crippen LogP contribution in [0, 0.1) is 0 Å². The van der Waals surface area contributed by atoms with Crippen LogP contribution in [0.4, 0.5) is 17.1 Å². The van der Waals surface area contributed by atoms with Gasteiger partial charge in [-0.25, -0.2) is 4.79 Å². The number of H-pyrrole nitrogens is 1. The van der Waals surface area contributed by atoms with Gasteiger partial charge in [0.05, 0.1) is 41.2 Å². The SMILES string of the molecule is Nc1ccccc1NC(=O)CCCCCC(=O)Nc1ccc([C@H]2O[C@@H](CN3CCC(n4c(=O)[nH]c5ccccc54)CC3)C[C@@H](c3ccc(CO)cc3)O2)cc1. The van der Waals surface area contributed by atoms with E-state index in [1.807, 2.05) is 89.5 Å². The number of amides is 2. The van der Waals surface area contributed by atoms with Crippen LogP contribution in [0.3, 0.4) is 0 Å². The monoisotopic (exact) mass is 746 g/mol. The molecular weight excluding hydrogens is 697 g/mol. The van der Waals surface area contributed by atoms with Crippen LogP contribution in [0.5, 0.6) is 0 Å². The number of nitrogens with zero attached hydrogens (tertiary/aromatic N) is 2. The highest BCUT2D eigenvalue weighted by Crippen LogP contribution is 2.39. The number of imidazole rings is 1. The molecular formula is C43H50N6O6. The molecule has 0 saturated carbocycles. The minimum absolute atomic E-state index is 0.0200. The van der Waals surface area contributed by atoms with Crippen LogP contribution >= 0.6 is 0 Å². The molecule has 2 fully saturated rings. The molecule has 55 heavy (non-hydrogen) atoms. The topological polar surface area (TPSA) is 164 Å². The second kappa shape index (κ2) is 17.9. The molecule has 0 radical (unpaired) electrons. The number of anilines is 3. The fraction of sp³-hybridized carbons (Fsp3) is 0.372. The first kappa shape index (κ1) is 38.0. The van der Waals surface area contributed by atoms with Crippen LogP contribution in [0.25, 0.3) is 11.0 Å². The van der Waals surface area contributed by atoms with E-state index >= 15 is 0 Å². The van der Waals surface area contributed by atoms with E-state index in [2.05, 4.69) is 20.5 Å². The number of piperidine rings is 1. The number of ether oxygens (including phenoxy) is 2. The largest absolute Gasteiger partial charge is 0.397 e. The summed E-state index contributed by atoms with van der Waals surface area (Å²) in [5, 5.41) is 15.4. The molecule has 1 aromatic heterocycles. The number of nitrogens with one attached hydrogen (secondary N) is 3. The predicted octanol–water partition coefficient (Wildman–Crippen LogP) is 6.81. The van der Waals surface area contributed by atoms with Crippen molar-refractivity contribution in [2.45, 2.75) is 82.5 Å². The van der Waals surface area contributed by atoms with E-state index in [-0.39, 0.29) is 42.4 Å². The van der Waals surface area contributed by atoms with Crippen molar-refractivity contribution >= 4 is 39.9 Å². The van der Waals surface area contributed by atoms with E-state index in [1.165, 1.54) is 0 Å². The Bertz CT molecular complexity index is 2100. The molecule has 0 unspecified atom stereocenters. The van der Waals surface area contributed by atoms with E-state index in [9.17, 15) is 19.5 Å². The molecule has 0 bridgehead atoms. The molecule has 4 aromatic carbocycles. The van der Waals surface area contributed by atoms with E-state index in [1.54, 1.807) is 12.1 Å². The summed E-state index contributed by atoms with van der Waals surface area (Å²) in [4.78, 5) is 43.2. The number of nitrogen functional groups attached to an aromatic ring is 1. The first-order valence-electron chi connectivity index (χ1n) is 19.3. The van der Waals surface area contributed by atoms with Crippen LogP contribution < -0.4 is 22.1 Å². The molecule has 12 nitrogen and oxygen atoms in total. The van der Waals surface area contributed by atoms with Gasteiger partial charge in [0.25, 0.3) is 0 Å². The second-order valence-corrected chi connectivity index (χ2v) is 14.6. The van der Waals surface area contributed by atoms with Crippen LogP contribution in [0.1, 0.15) is 86.5 Å². The maximum absolute atomic E-state index is 12.8. The average Bonchev–Trinajstić information content (AvgIpc) is 3.54. The summed E-state index contributed by atoms with van der Waals surface area (Å²) in [7, 11) is 0. The zero-order chi connectivity index (χ0) is 38.1. The summed E-state index contributed by atoms with van der Waals surface area (Å²) in [6.45, 7) is 2.42. The van der Waals surface area contributed by atoms with Gasteiger partial charge in [-0.1, -0.05) is 67.1 Å². The molecule has 0 aliphatic carbocycles. The number of hydrogen-bond donors (Lipinski definition) is 5. The van der Waals surface area contributed by atoms with Gasteiger partial charge in [0.1, 0.15) is 0 Å². The van der Waals surface area contributed by atoms with Crippen molar-refractivity contribution in [2.75, 3.05) is 36.0 Å². The Morgan fingerprint density at radius 2 is 1.47 bits per heavy atom. The quantitative estimate of drug-likeness (QED) is 0.0611. The Morgan fingerprint density at radius 3 is 2.20 bits per heavy atom. The number of unbranched alkanes of at least 4 members (excludes halogenated alkanes) is 2. The molecule has 2 saturated heterocycles. The van der Waals surface area contributed by atoms with Gasteiger partial charge in [0.2, 0.25) is 11.8 Å². The molecule has 0 spiro atoms. The van der Waals surface area contributed by atoms with Gasteiger partial charge in [-0.15, -0.1) is 0 Å². The lowest BCUT2D eigenvalue weighted by atomic mass is 9.98. The Labute approximate surface area is 320 Å². The number of aliphatic hydroxyl groups excluding tert-OH is 1. The summed E-state index contributed by atoms with van der Waals surface area (Å²) in [5.41, 5.74) is 12.2. The predicted molar refractivity (Wildman–Crippen MR) is 213 cm³/mol. The van der Waals surface area contributed by atoms with Gasteiger partial charge >= 0.3 is 5.69 Å². The Hall–Kier alpha value is -5.27. The normalized spacial score (nSPS) is 19.3. The average molecular weight is 747 g/mol. The van der Waals surface area contributed by atoms with Crippen molar-refractivity contribution in [2.24, 2.45) is 0 Å². The number of para-hydroxylation sites is 4. The van der Waals surface area contributed by atoms with Gasteiger partial charge in [-0.3, -0.25) is 14.2 Å². The molecule has 7 rings (SSSR count). The third-order valence-corrected chi connectivity index (χ3v) is 10.6. The first-order chi connectivity index (χ1) is 26.8. The number of aliphatic hydroxyl groups is 1.